The van der Waals surface area contributed by atoms with Crippen LogP contribution in [0.2, 0.25) is 5.15 Å². The fraction of sp³-hybridized carbons (Fsp3) is 0.100. The first-order valence-electron chi connectivity index (χ1n) is 4.17. The molecule has 0 N–H and O–H groups in total. The van der Waals surface area contributed by atoms with Crippen LogP contribution in [0.25, 0.3) is 11.1 Å². The number of aryl methyl sites for hydroxylation is 1. The Labute approximate surface area is 86.8 Å². The summed E-state index contributed by atoms with van der Waals surface area (Å²) in [5.74, 6) is 0.669. The summed E-state index contributed by atoms with van der Waals surface area (Å²) in [4.78, 5) is 12.2. The Hall–Kier alpha value is -1.48. The Morgan fingerprint density at radius 3 is 2.79 bits per heavy atom. The molecular formula is C10H8ClN3. The maximum Gasteiger partial charge on any atom is 0.140 e. The van der Waals surface area contributed by atoms with Crippen molar-refractivity contribution in [2.75, 3.05) is 0 Å². The van der Waals surface area contributed by atoms with Gasteiger partial charge in [-0.25, -0.2) is 9.97 Å². The molecule has 0 unspecified atom stereocenters. The standard InChI is InChI=1S/C10H8ClN3/c1-7-13-6-9(10(11)14-7)8-3-2-4-12-5-8/h2-6H,1H3. The highest BCUT2D eigenvalue weighted by Crippen LogP contribution is 2.24. The molecular weight excluding hydrogens is 198 g/mol. The van der Waals surface area contributed by atoms with E-state index in [9.17, 15) is 0 Å². The molecule has 0 saturated heterocycles. The fourth-order valence-electron chi connectivity index (χ4n) is 1.16. The predicted octanol–water partition coefficient (Wildman–Crippen LogP) is 2.50. The van der Waals surface area contributed by atoms with Crippen LogP contribution < -0.4 is 0 Å². The lowest BCUT2D eigenvalue weighted by Crippen LogP contribution is -1.90. The number of hydrogen-bond donors (Lipinski definition) is 0. The van der Waals surface area contributed by atoms with Crippen LogP contribution in [-0.2, 0) is 0 Å². The van der Waals surface area contributed by atoms with E-state index in [1.807, 2.05) is 12.1 Å². The van der Waals surface area contributed by atoms with E-state index in [1.165, 1.54) is 0 Å². The molecule has 0 aliphatic heterocycles. The lowest BCUT2D eigenvalue weighted by molar-refractivity contribution is 1.05. The van der Waals surface area contributed by atoms with Gasteiger partial charge < -0.3 is 0 Å². The molecule has 4 heteroatoms. The zero-order chi connectivity index (χ0) is 9.97. The highest BCUT2D eigenvalue weighted by molar-refractivity contribution is 6.32. The molecule has 0 bridgehead atoms. The summed E-state index contributed by atoms with van der Waals surface area (Å²) < 4.78 is 0. The van der Waals surface area contributed by atoms with E-state index >= 15 is 0 Å². The van der Waals surface area contributed by atoms with E-state index in [-0.39, 0.29) is 0 Å². The number of pyridine rings is 1. The second-order valence-corrected chi connectivity index (χ2v) is 3.22. The quantitative estimate of drug-likeness (QED) is 0.672. The highest BCUT2D eigenvalue weighted by Gasteiger charge is 2.04. The molecule has 14 heavy (non-hydrogen) atoms. The van der Waals surface area contributed by atoms with Crippen LogP contribution in [0.1, 0.15) is 5.82 Å². The Balaban J connectivity index is 2.53. The highest BCUT2D eigenvalue weighted by atomic mass is 35.5. The summed E-state index contributed by atoms with van der Waals surface area (Å²) in [6.07, 6.45) is 5.16. The van der Waals surface area contributed by atoms with Gasteiger partial charge in [-0.2, -0.15) is 0 Å². The summed E-state index contributed by atoms with van der Waals surface area (Å²) in [6.45, 7) is 1.80. The molecule has 2 aromatic heterocycles. The predicted molar refractivity (Wildman–Crippen MR) is 55.0 cm³/mol. The number of aromatic nitrogens is 3. The van der Waals surface area contributed by atoms with Crippen molar-refractivity contribution in [2.45, 2.75) is 6.92 Å². The molecule has 0 spiro atoms. The third-order valence-electron chi connectivity index (χ3n) is 1.84. The van der Waals surface area contributed by atoms with Crippen molar-refractivity contribution >= 4 is 11.6 Å². The second kappa shape index (κ2) is 3.72. The molecule has 0 aliphatic carbocycles. The first kappa shape index (κ1) is 9.09. The summed E-state index contributed by atoms with van der Waals surface area (Å²) >= 11 is 5.99. The van der Waals surface area contributed by atoms with Gasteiger partial charge in [0.25, 0.3) is 0 Å². The van der Waals surface area contributed by atoms with Gasteiger partial charge >= 0.3 is 0 Å². The van der Waals surface area contributed by atoms with Crippen molar-refractivity contribution in [3.8, 4) is 11.1 Å². The lowest BCUT2D eigenvalue weighted by Gasteiger charge is -2.02. The third kappa shape index (κ3) is 1.72. The number of nitrogens with zero attached hydrogens (tertiary/aromatic N) is 3. The van der Waals surface area contributed by atoms with Crippen LogP contribution in [0.15, 0.2) is 30.7 Å². The van der Waals surface area contributed by atoms with Crippen molar-refractivity contribution < 1.29 is 0 Å². The molecule has 2 heterocycles. The van der Waals surface area contributed by atoms with Gasteiger partial charge in [0, 0.05) is 29.7 Å². The Bertz CT molecular complexity index is 442. The first-order valence-corrected chi connectivity index (χ1v) is 4.55. The summed E-state index contributed by atoms with van der Waals surface area (Å²) in [5, 5.41) is 0.463. The van der Waals surface area contributed by atoms with Gasteiger partial charge in [-0.1, -0.05) is 17.7 Å². The topological polar surface area (TPSA) is 38.7 Å². The van der Waals surface area contributed by atoms with Crippen molar-refractivity contribution in [1.82, 2.24) is 15.0 Å². The molecule has 70 valence electrons. The lowest BCUT2D eigenvalue weighted by atomic mass is 10.1. The number of rotatable bonds is 1. The maximum absolute atomic E-state index is 5.99. The molecule has 3 nitrogen and oxygen atoms in total. The minimum atomic E-state index is 0.463. The van der Waals surface area contributed by atoms with E-state index in [1.54, 1.807) is 25.5 Å². The monoisotopic (exact) mass is 205 g/mol. The van der Waals surface area contributed by atoms with Crippen LogP contribution in [0.5, 0.6) is 0 Å². The van der Waals surface area contributed by atoms with E-state index in [4.69, 9.17) is 11.6 Å². The number of hydrogen-bond acceptors (Lipinski definition) is 3. The molecule has 0 fully saturated rings. The molecule has 2 rings (SSSR count). The Morgan fingerprint density at radius 2 is 2.14 bits per heavy atom. The van der Waals surface area contributed by atoms with Crippen LogP contribution in [0.3, 0.4) is 0 Å². The molecule has 2 aromatic rings. The van der Waals surface area contributed by atoms with Gasteiger partial charge in [0.1, 0.15) is 11.0 Å². The van der Waals surface area contributed by atoms with Crippen molar-refractivity contribution in [2.24, 2.45) is 0 Å². The molecule has 0 aliphatic rings. The normalized spacial score (nSPS) is 10.1. The Kier molecular flexibility index (Phi) is 2.41. The van der Waals surface area contributed by atoms with Crippen LogP contribution in [0.4, 0.5) is 0 Å². The van der Waals surface area contributed by atoms with Crippen molar-refractivity contribution in [1.29, 1.82) is 0 Å². The van der Waals surface area contributed by atoms with Gasteiger partial charge in [-0.3, -0.25) is 4.98 Å². The molecule has 0 radical (unpaired) electrons. The van der Waals surface area contributed by atoms with Crippen LogP contribution >= 0.6 is 11.6 Å². The average Bonchev–Trinajstić information content (AvgIpc) is 2.19. The van der Waals surface area contributed by atoms with Gasteiger partial charge in [0.15, 0.2) is 0 Å². The van der Waals surface area contributed by atoms with E-state index in [0.29, 0.717) is 11.0 Å². The third-order valence-corrected chi connectivity index (χ3v) is 2.12. The van der Waals surface area contributed by atoms with Gasteiger partial charge in [-0.15, -0.1) is 0 Å². The fourth-order valence-corrected chi connectivity index (χ4v) is 1.44. The first-order chi connectivity index (χ1) is 6.77. The SMILES string of the molecule is Cc1ncc(-c2cccnc2)c(Cl)n1. The van der Waals surface area contributed by atoms with Gasteiger partial charge in [-0.05, 0) is 13.0 Å². The zero-order valence-electron chi connectivity index (χ0n) is 7.61. The van der Waals surface area contributed by atoms with Crippen LogP contribution in [0, 0.1) is 6.92 Å². The minimum absolute atomic E-state index is 0.463. The van der Waals surface area contributed by atoms with E-state index < -0.39 is 0 Å². The van der Waals surface area contributed by atoms with Crippen LogP contribution in [-0.4, -0.2) is 15.0 Å². The van der Waals surface area contributed by atoms with Gasteiger partial charge in [0.05, 0.1) is 0 Å². The second-order valence-electron chi connectivity index (χ2n) is 2.86. The molecule has 0 amide bonds. The molecule has 0 saturated carbocycles. The largest absolute Gasteiger partial charge is 0.264 e. The molecule has 0 atom stereocenters. The van der Waals surface area contributed by atoms with Crippen molar-refractivity contribution in [3.63, 3.8) is 0 Å². The zero-order valence-corrected chi connectivity index (χ0v) is 8.36. The smallest absolute Gasteiger partial charge is 0.140 e. The van der Waals surface area contributed by atoms with E-state index in [0.717, 1.165) is 11.1 Å². The van der Waals surface area contributed by atoms with Gasteiger partial charge in [0.2, 0.25) is 0 Å². The maximum atomic E-state index is 5.99. The van der Waals surface area contributed by atoms with Crippen molar-refractivity contribution in [3.05, 3.63) is 41.7 Å². The average molecular weight is 206 g/mol. The summed E-state index contributed by atoms with van der Waals surface area (Å²) in [7, 11) is 0. The Morgan fingerprint density at radius 1 is 1.29 bits per heavy atom. The summed E-state index contributed by atoms with van der Waals surface area (Å²) in [5.41, 5.74) is 1.74. The van der Waals surface area contributed by atoms with E-state index in [2.05, 4.69) is 15.0 Å². The minimum Gasteiger partial charge on any atom is -0.264 e. The summed E-state index contributed by atoms with van der Waals surface area (Å²) in [6, 6.07) is 3.78. The number of halogens is 1. The molecule has 0 aromatic carbocycles.